The van der Waals surface area contributed by atoms with Crippen LogP contribution in [0.2, 0.25) is 0 Å². The van der Waals surface area contributed by atoms with Gasteiger partial charge in [-0.25, -0.2) is 4.98 Å². The summed E-state index contributed by atoms with van der Waals surface area (Å²) in [4.78, 5) is 10.7. The number of rotatable bonds is 5. The van der Waals surface area contributed by atoms with Gasteiger partial charge in [-0.2, -0.15) is 0 Å². The summed E-state index contributed by atoms with van der Waals surface area (Å²) in [7, 11) is 0. The van der Waals surface area contributed by atoms with Gasteiger partial charge in [-0.05, 0) is 19.8 Å². The number of hydrogen-bond acceptors (Lipinski definition) is 3. The zero-order valence-electron chi connectivity index (χ0n) is 12.0. The Morgan fingerprint density at radius 2 is 2.15 bits per heavy atom. The smallest absolute Gasteiger partial charge is 0.191 e. The van der Waals surface area contributed by atoms with Gasteiger partial charge in [0, 0.05) is 38.6 Å². The van der Waals surface area contributed by atoms with Gasteiger partial charge in [-0.1, -0.05) is 0 Å². The lowest BCUT2D eigenvalue weighted by Crippen LogP contribution is -2.44. The number of aryl methyl sites for hydroxylation is 2. The van der Waals surface area contributed by atoms with Gasteiger partial charge < -0.3 is 19.9 Å². The first-order chi connectivity index (χ1) is 9.27. The van der Waals surface area contributed by atoms with Crippen molar-refractivity contribution < 1.29 is 4.74 Å². The Balaban J connectivity index is 0.00000200. The Bertz CT molecular complexity index is 415. The quantitative estimate of drug-likeness (QED) is 0.354. The van der Waals surface area contributed by atoms with Gasteiger partial charge >= 0.3 is 0 Å². The van der Waals surface area contributed by atoms with Gasteiger partial charge in [0.2, 0.25) is 0 Å². The Labute approximate surface area is 137 Å². The van der Waals surface area contributed by atoms with Crippen molar-refractivity contribution in [2.24, 2.45) is 10.7 Å². The zero-order valence-corrected chi connectivity index (χ0v) is 14.3. The molecule has 2 rings (SSSR count). The highest BCUT2D eigenvalue weighted by atomic mass is 127. The SMILES string of the molecule is Cc1nccn1CCCCN=C(N)N1CCOCC1.I. The standard InChI is InChI=1S/C13H23N5O.HI/c1-12-15-5-7-17(12)6-3-2-4-16-13(14)18-8-10-19-11-9-18;/h5,7H,2-4,6,8-11H2,1H3,(H2,14,16);1H. The number of morpholine rings is 1. The number of aliphatic imine (C=N–C) groups is 1. The van der Waals surface area contributed by atoms with Gasteiger partial charge in [0.05, 0.1) is 13.2 Å². The zero-order chi connectivity index (χ0) is 13.5. The summed E-state index contributed by atoms with van der Waals surface area (Å²) in [5, 5.41) is 0. The van der Waals surface area contributed by atoms with Gasteiger partial charge in [0.15, 0.2) is 5.96 Å². The summed E-state index contributed by atoms with van der Waals surface area (Å²) in [5.41, 5.74) is 5.95. The normalized spacial score (nSPS) is 16.1. The average Bonchev–Trinajstić information content (AvgIpc) is 2.85. The number of unbranched alkanes of at least 4 members (excludes halogenated alkanes) is 1. The minimum absolute atomic E-state index is 0. The molecule has 1 saturated heterocycles. The summed E-state index contributed by atoms with van der Waals surface area (Å²) in [6.07, 6.45) is 5.99. The fourth-order valence-electron chi connectivity index (χ4n) is 2.12. The molecule has 2 N–H and O–H groups in total. The molecule has 0 amide bonds. The van der Waals surface area contributed by atoms with Gasteiger partial charge in [-0.15, -0.1) is 24.0 Å². The second-order valence-electron chi connectivity index (χ2n) is 4.71. The monoisotopic (exact) mass is 393 g/mol. The number of hydrogen-bond donors (Lipinski definition) is 1. The summed E-state index contributed by atoms with van der Waals surface area (Å²) in [5.74, 6) is 1.72. The van der Waals surface area contributed by atoms with E-state index in [1.54, 1.807) is 0 Å². The topological polar surface area (TPSA) is 68.7 Å². The molecule has 0 spiro atoms. The van der Waals surface area contributed by atoms with Crippen LogP contribution in [0.25, 0.3) is 0 Å². The van der Waals surface area contributed by atoms with Crippen LogP contribution < -0.4 is 5.73 Å². The number of ether oxygens (including phenoxy) is 1. The second kappa shape index (κ2) is 9.17. The summed E-state index contributed by atoms with van der Waals surface area (Å²) >= 11 is 0. The van der Waals surface area contributed by atoms with E-state index >= 15 is 0 Å². The van der Waals surface area contributed by atoms with E-state index < -0.39 is 0 Å². The van der Waals surface area contributed by atoms with E-state index in [1.165, 1.54) is 0 Å². The lowest BCUT2D eigenvalue weighted by atomic mass is 10.3. The van der Waals surface area contributed by atoms with Crippen LogP contribution in [0.5, 0.6) is 0 Å². The Hall–Kier alpha value is -0.830. The first-order valence-electron chi connectivity index (χ1n) is 6.88. The number of halogens is 1. The van der Waals surface area contributed by atoms with Gasteiger partial charge in [0.1, 0.15) is 5.82 Å². The molecular formula is C13H24IN5O. The summed E-state index contributed by atoms with van der Waals surface area (Å²) in [6, 6.07) is 0. The third-order valence-corrected chi connectivity index (χ3v) is 3.34. The maximum absolute atomic E-state index is 5.95. The van der Waals surface area contributed by atoms with Crippen LogP contribution in [-0.2, 0) is 11.3 Å². The molecule has 0 aromatic carbocycles. The molecule has 0 saturated carbocycles. The number of nitrogens with zero attached hydrogens (tertiary/aromatic N) is 4. The number of guanidine groups is 1. The van der Waals surface area contributed by atoms with Crippen molar-refractivity contribution in [3.8, 4) is 0 Å². The lowest BCUT2D eigenvalue weighted by Gasteiger charge is -2.27. The molecule has 114 valence electrons. The summed E-state index contributed by atoms with van der Waals surface area (Å²) in [6.45, 7) is 7.00. The molecule has 0 unspecified atom stereocenters. The Morgan fingerprint density at radius 1 is 1.40 bits per heavy atom. The molecule has 0 bridgehead atoms. The second-order valence-corrected chi connectivity index (χ2v) is 4.71. The van der Waals surface area contributed by atoms with Crippen molar-refractivity contribution in [3.05, 3.63) is 18.2 Å². The Morgan fingerprint density at radius 3 is 2.80 bits per heavy atom. The molecule has 2 heterocycles. The van der Waals surface area contributed by atoms with Crippen LogP contribution in [-0.4, -0.2) is 53.3 Å². The highest BCUT2D eigenvalue weighted by Gasteiger charge is 2.11. The van der Waals surface area contributed by atoms with Crippen LogP contribution in [0.15, 0.2) is 17.4 Å². The van der Waals surface area contributed by atoms with Crippen molar-refractivity contribution in [1.29, 1.82) is 0 Å². The predicted molar refractivity (Wildman–Crippen MR) is 90.5 cm³/mol. The fourth-order valence-corrected chi connectivity index (χ4v) is 2.12. The third kappa shape index (κ3) is 5.28. The van der Waals surface area contributed by atoms with Gasteiger partial charge in [-0.3, -0.25) is 4.99 Å². The molecule has 0 radical (unpaired) electrons. The van der Waals surface area contributed by atoms with Crippen molar-refractivity contribution >= 4 is 29.9 Å². The highest BCUT2D eigenvalue weighted by molar-refractivity contribution is 14.0. The molecule has 1 aliphatic heterocycles. The van der Waals surface area contributed by atoms with E-state index in [0.717, 1.165) is 58.1 Å². The summed E-state index contributed by atoms with van der Waals surface area (Å²) < 4.78 is 7.45. The maximum atomic E-state index is 5.95. The van der Waals surface area contributed by atoms with E-state index in [2.05, 4.69) is 19.4 Å². The van der Waals surface area contributed by atoms with Crippen LogP contribution in [0.3, 0.4) is 0 Å². The Kier molecular flexibility index (Phi) is 7.90. The molecule has 7 heteroatoms. The molecule has 1 aromatic heterocycles. The predicted octanol–water partition coefficient (Wildman–Crippen LogP) is 1.24. The minimum Gasteiger partial charge on any atom is -0.378 e. The molecule has 1 aliphatic rings. The van der Waals surface area contributed by atoms with E-state index in [1.807, 2.05) is 19.3 Å². The van der Waals surface area contributed by atoms with E-state index in [4.69, 9.17) is 10.5 Å². The first kappa shape index (κ1) is 17.2. The molecule has 20 heavy (non-hydrogen) atoms. The van der Waals surface area contributed by atoms with E-state index in [0.29, 0.717) is 5.96 Å². The van der Waals surface area contributed by atoms with Crippen molar-refractivity contribution in [2.75, 3.05) is 32.8 Å². The van der Waals surface area contributed by atoms with Crippen molar-refractivity contribution in [3.63, 3.8) is 0 Å². The molecule has 1 fully saturated rings. The maximum Gasteiger partial charge on any atom is 0.191 e. The van der Waals surface area contributed by atoms with E-state index in [9.17, 15) is 0 Å². The number of imidazole rings is 1. The van der Waals surface area contributed by atoms with Crippen molar-refractivity contribution in [2.45, 2.75) is 26.3 Å². The van der Waals surface area contributed by atoms with Crippen LogP contribution >= 0.6 is 24.0 Å². The van der Waals surface area contributed by atoms with Gasteiger partial charge in [0.25, 0.3) is 0 Å². The third-order valence-electron chi connectivity index (χ3n) is 3.34. The van der Waals surface area contributed by atoms with Crippen LogP contribution in [0, 0.1) is 6.92 Å². The number of nitrogens with two attached hydrogens (primary N) is 1. The number of aromatic nitrogens is 2. The van der Waals surface area contributed by atoms with Crippen LogP contribution in [0.1, 0.15) is 18.7 Å². The largest absolute Gasteiger partial charge is 0.378 e. The minimum atomic E-state index is 0. The average molecular weight is 393 g/mol. The molecular weight excluding hydrogens is 369 g/mol. The molecule has 0 atom stereocenters. The first-order valence-corrected chi connectivity index (χ1v) is 6.88. The fraction of sp³-hybridized carbons (Fsp3) is 0.692. The van der Waals surface area contributed by atoms with E-state index in [-0.39, 0.29) is 24.0 Å². The molecule has 0 aliphatic carbocycles. The van der Waals surface area contributed by atoms with Crippen LogP contribution in [0.4, 0.5) is 0 Å². The molecule has 1 aromatic rings. The molecule has 6 nitrogen and oxygen atoms in total. The lowest BCUT2D eigenvalue weighted by molar-refractivity contribution is 0.0674. The van der Waals surface area contributed by atoms with Crippen molar-refractivity contribution in [1.82, 2.24) is 14.5 Å². The highest BCUT2D eigenvalue weighted by Crippen LogP contribution is 2.01.